The Morgan fingerprint density at radius 2 is 1.93 bits per heavy atom. The number of fused-ring (bicyclic) bond motifs is 1. The molecule has 0 unspecified atom stereocenters. The van der Waals surface area contributed by atoms with Crippen molar-refractivity contribution in [2.45, 2.75) is 39.0 Å². The topological polar surface area (TPSA) is 106 Å². The molecule has 1 fully saturated rings. The third-order valence-corrected chi connectivity index (χ3v) is 5.13. The van der Waals surface area contributed by atoms with Crippen molar-refractivity contribution in [2.75, 3.05) is 20.2 Å². The molecule has 0 atom stereocenters. The number of nitrogens with zero attached hydrogens (tertiary/aromatic N) is 1. The molecular formula is C21H24N2O6. The van der Waals surface area contributed by atoms with Crippen LogP contribution in [0.4, 0.5) is 0 Å². The molecule has 0 saturated carbocycles. The minimum Gasteiger partial charge on any atom is -0.497 e. The van der Waals surface area contributed by atoms with Gasteiger partial charge in [-0.1, -0.05) is 0 Å². The number of carbonyl (C=O) groups excluding carboxylic acids is 3. The second-order valence-corrected chi connectivity index (χ2v) is 7.00. The maximum atomic E-state index is 12.3. The van der Waals surface area contributed by atoms with Crippen LogP contribution >= 0.6 is 0 Å². The first-order valence-electron chi connectivity index (χ1n) is 9.61. The van der Waals surface area contributed by atoms with Crippen LogP contribution in [0.1, 0.15) is 36.8 Å². The fourth-order valence-corrected chi connectivity index (χ4v) is 3.45. The molecule has 8 heteroatoms. The number of methoxy groups -OCH3 is 1. The van der Waals surface area contributed by atoms with E-state index in [0.717, 1.165) is 10.9 Å². The molecule has 0 radical (unpaired) electrons. The first-order valence-corrected chi connectivity index (χ1v) is 9.61. The summed E-state index contributed by atoms with van der Waals surface area (Å²) in [5, 5.41) is 3.57. The standard InChI is InChI=1S/C21H24N2O6/c1-13-15-5-4-14(28-2)12-17(15)29-21(27)16(13)6-7-18(24)22-10-3-11-23-19(25)8-9-20(23)26/h4-5,12H,3,6-11H2,1-2H3,(H,22,24). The summed E-state index contributed by atoms with van der Waals surface area (Å²) in [5.74, 6) is 0.0945. The van der Waals surface area contributed by atoms with Crippen molar-refractivity contribution < 1.29 is 23.5 Å². The molecule has 3 amide bonds. The van der Waals surface area contributed by atoms with Crippen LogP contribution in [-0.2, 0) is 20.8 Å². The zero-order valence-corrected chi connectivity index (χ0v) is 16.6. The lowest BCUT2D eigenvalue weighted by atomic mass is 10.0. The summed E-state index contributed by atoms with van der Waals surface area (Å²) >= 11 is 0. The number of carbonyl (C=O) groups is 3. The summed E-state index contributed by atoms with van der Waals surface area (Å²) in [6.45, 7) is 2.51. The van der Waals surface area contributed by atoms with Crippen molar-refractivity contribution in [1.82, 2.24) is 10.2 Å². The van der Waals surface area contributed by atoms with E-state index in [1.54, 1.807) is 19.2 Å². The predicted octanol–water partition coefficient (Wildman–Crippen LogP) is 1.70. The first-order chi connectivity index (χ1) is 13.9. The quantitative estimate of drug-likeness (QED) is 0.411. The smallest absolute Gasteiger partial charge is 0.339 e. The molecule has 2 aromatic rings. The van der Waals surface area contributed by atoms with Gasteiger partial charge in [0, 0.05) is 49.4 Å². The highest BCUT2D eigenvalue weighted by Crippen LogP contribution is 2.24. The Morgan fingerprint density at radius 1 is 1.21 bits per heavy atom. The van der Waals surface area contributed by atoms with Crippen molar-refractivity contribution in [3.05, 3.63) is 39.7 Å². The van der Waals surface area contributed by atoms with E-state index in [4.69, 9.17) is 9.15 Å². The van der Waals surface area contributed by atoms with Gasteiger partial charge in [-0.3, -0.25) is 19.3 Å². The molecular weight excluding hydrogens is 376 g/mol. The molecule has 0 aliphatic carbocycles. The van der Waals surface area contributed by atoms with Crippen LogP contribution in [0, 0.1) is 6.92 Å². The van der Waals surface area contributed by atoms with E-state index in [1.807, 2.05) is 13.0 Å². The first kappa shape index (κ1) is 20.6. The maximum absolute atomic E-state index is 12.3. The largest absolute Gasteiger partial charge is 0.497 e. The molecule has 8 nitrogen and oxygen atoms in total. The number of hydrogen-bond acceptors (Lipinski definition) is 6. The van der Waals surface area contributed by atoms with Crippen LogP contribution < -0.4 is 15.7 Å². The van der Waals surface area contributed by atoms with Gasteiger partial charge in [0.15, 0.2) is 0 Å². The number of amides is 3. The molecule has 1 aromatic heterocycles. The number of imide groups is 1. The zero-order valence-electron chi connectivity index (χ0n) is 16.6. The van der Waals surface area contributed by atoms with E-state index >= 15 is 0 Å². The van der Waals surface area contributed by atoms with E-state index in [0.29, 0.717) is 36.4 Å². The summed E-state index contributed by atoms with van der Waals surface area (Å²) in [6.07, 6.45) is 1.46. The fourth-order valence-electron chi connectivity index (χ4n) is 3.45. The van der Waals surface area contributed by atoms with Gasteiger partial charge in [0.25, 0.3) is 0 Å². The highest BCUT2D eigenvalue weighted by molar-refractivity contribution is 6.01. The summed E-state index contributed by atoms with van der Waals surface area (Å²) in [7, 11) is 1.54. The molecule has 2 heterocycles. The Labute approximate surface area is 167 Å². The molecule has 1 aliphatic heterocycles. The number of hydrogen-bond donors (Lipinski definition) is 1. The molecule has 1 aromatic carbocycles. The summed E-state index contributed by atoms with van der Waals surface area (Å²) in [6, 6.07) is 5.29. The minimum absolute atomic E-state index is 0.148. The lowest BCUT2D eigenvalue weighted by Gasteiger charge is -2.13. The third-order valence-electron chi connectivity index (χ3n) is 5.13. The Balaban J connectivity index is 1.53. The van der Waals surface area contributed by atoms with Crippen molar-refractivity contribution in [2.24, 2.45) is 0 Å². The number of benzene rings is 1. The van der Waals surface area contributed by atoms with Gasteiger partial charge in [0.2, 0.25) is 17.7 Å². The van der Waals surface area contributed by atoms with E-state index in [1.165, 1.54) is 4.90 Å². The molecule has 1 N–H and O–H groups in total. The minimum atomic E-state index is -0.456. The fraction of sp³-hybridized carbons (Fsp3) is 0.429. The van der Waals surface area contributed by atoms with Crippen LogP contribution in [0.3, 0.4) is 0 Å². The summed E-state index contributed by atoms with van der Waals surface area (Å²) in [5.41, 5.74) is 1.26. The number of ether oxygens (including phenoxy) is 1. The molecule has 154 valence electrons. The molecule has 1 aliphatic rings. The highest BCUT2D eigenvalue weighted by Gasteiger charge is 2.27. The Kier molecular flexibility index (Phi) is 6.31. The van der Waals surface area contributed by atoms with Crippen LogP contribution in [0.25, 0.3) is 11.0 Å². The van der Waals surface area contributed by atoms with Gasteiger partial charge in [-0.25, -0.2) is 4.79 Å². The van der Waals surface area contributed by atoms with E-state index in [9.17, 15) is 19.2 Å². The maximum Gasteiger partial charge on any atom is 0.339 e. The lowest BCUT2D eigenvalue weighted by molar-refractivity contribution is -0.138. The van der Waals surface area contributed by atoms with Gasteiger partial charge < -0.3 is 14.5 Å². The summed E-state index contributed by atoms with van der Waals surface area (Å²) in [4.78, 5) is 48.7. The second-order valence-electron chi connectivity index (χ2n) is 7.00. The van der Waals surface area contributed by atoms with Gasteiger partial charge in [-0.2, -0.15) is 0 Å². The van der Waals surface area contributed by atoms with Gasteiger partial charge in [0.05, 0.1) is 7.11 Å². The van der Waals surface area contributed by atoms with Gasteiger partial charge in [-0.15, -0.1) is 0 Å². The average molecular weight is 400 g/mol. The van der Waals surface area contributed by atoms with Crippen LogP contribution in [0.2, 0.25) is 0 Å². The highest BCUT2D eigenvalue weighted by atomic mass is 16.5. The second kappa shape index (κ2) is 8.89. The molecule has 1 saturated heterocycles. The Morgan fingerprint density at radius 3 is 2.62 bits per heavy atom. The van der Waals surface area contributed by atoms with Crippen molar-refractivity contribution in [1.29, 1.82) is 0 Å². The number of nitrogens with one attached hydrogen (secondary N) is 1. The van der Waals surface area contributed by atoms with Gasteiger partial charge in [-0.05, 0) is 37.5 Å². The molecule has 29 heavy (non-hydrogen) atoms. The van der Waals surface area contributed by atoms with Crippen molar-refractivity contribution in [3.63, 3.8) is 0 Å². The number of rotatable bonds is 8. The van der Waals surface area contributed by atoms with Gasteiger partial charge in [0.1, 0.15) is 11.3 Å². The summed E-state index contributed by atoms with van der Waals surface area (Å²) < 4.78 is 10.5. The normalized spacial score (nSPS) is 13.9. The third kappa shape index (κ3) is 4.64. The zero-order chi connectivity index (χ0) is 21.0. The average Bonchev–Trinajstić information content (AvgIpc) is 3.02. The monoisotopic (exact) mass is 400 g/mol. The molecule has 0 bridgehead atoms. The predicted molar refractivity (Wildman–Crippen MR) is 106 cm³/mol. The number of aryl methyl sites for hydroxylation is 1. The van der Waals surface area contributed by atoms with Crippen LogP contribution in [0.5, 0.6) is 5.75 Å². The molecule has 3 rings (SSSR count). The Bertz CT molecular complexity index is 994. The van der Waals surface area contributed by atoms with E-state index in [-0.39, 0.29) is 43.4 Å². The van der Waals surface area contributed by atoms with Crippen LogP contribution in [-0.4, -0.2) is 42.8 Å². The van der Waals surface area contributed by atoms with Crippen LogP contribution in [0.15, 0.2) is 27.4 Å². The van der Waals surface area contributed by atoms with Crippen molar-refractivity contribution >= 4 is 28.7 Å². The van der Waals surface area contributed by atoms with E-state index < -0.39 is 5.63 Å². The van der Waals surface area contributed by atoms with E-state index in [2.05, 4.69) is 5.32 Å². The number of likely N-dealkylation sites (tertiary alicyclic amines) is 1. The Hall–Kier alpha value is -3.16. The lowest BCUT2D eigenvalue weighted by Crippen LogP contribution is -2.33. The van der Waals surface area contributed by atoms with Crippen molar-refractivity contribution in [3.8, 4) is 5.75 Å². The SMILES string of the molecule is COc1ccc2c(C)c(CCC(=O)NCCCN3C(=O)CCC3=O)c(=O)oc2c1. The van der Waals surface area contributed by atoms with Gasteiger partial charge >= 0.3 is 5.63 Å². The molecule has 0 spiro atoms.